The van der Waals surface area contributed by atoms with Crippen LogP contribution in [0.15, 0.2) is 46.1 Å². The number of aromatic nitrogens is 1. The molecule has 1 saturated carbocycles. The number of aliphatic imine (C=N–C) groups is 1. The van der Waals surface area contributed by atoms with E-state index >= 15 is 0 Å². The van der Waals surface area contributed by atoms with E-state index in [1.165, 1.54) is 18.4 Å². The van der Waals surface area contributed by atoms with Crippen molar-refractivity contribution in [3.63, 3.8) is 0 Å². The van der Waals surface area contributed by atoms with E-state index in [4.69, 9.17) is 16.1 Å². The fourth-order valence-corrected chi connectivity index (χ4v) is 3.89. The lowest BCUT2D eigenvalue weighted by Gasteiger charge is -2.36. The van der Waals surface area contributed by atoms with Gasteiger partial charge in [0.15, 0.2) is 5.96 Å². The van der Waals surface area contributed by atoms with Gasteiger partial charge in [-0.1, -0.05) is 28.9 Å². The third-order valence-corrected chi connectivity index (χ3v) is 5.91. The highest BCUT2D eigenvalue weighted by Crippen LogP contribution is 2.47. The molecule has 1 aliphatic heterocycles. The van der Waals surface area contributed by atoms with Crippen molar-refractivity contribution in [1.29, 1.82) is 0 Å². The molecule has 2 heterocycles. The van der Waals surface area contributed by atoms with Crippen molar-refractivity contribution < 1.29 is 4.52 Å². The number of halogens is 2. The first-order valence-corrected chi connectivity index (χ1v) is 9.90. The monoisotopic (exact) mass is 515 g/mol. The van der Waals surface area contributed by atoms with Crippen molar-refractivity contribution in [2.75, 3.05) is 39.8 Å². The van der Waals surface area contributed by atoms with E-state index in [1.54, 1.807) is 6.26 Å². The first kappa shape index (κ1) is 21.4. The van der Waals surface area contributed by atoms with Gasteiger partial charge in [-0.05, 0) is 30.5 Å². The van der Waals surface area contributed by atoms with Crippen LogP contribution in [0.4, 0.5) is 0 Å². The van der Waals surface area contributed by atoms with Crippen molar-refractivity contribution >= 4 is 41.5 Å². The number of nitrogens with zero attached hydrogens (tertiary/aromatic N) is 4. The van der Waals surface area contributed by atoms with E-state index in [0.717, 1.165) is 55.9 Å². The Hall–Kier alpha value is -1.32. The van der Waals surface area contributed by atoms with Gasteiger partial charge in [-0.2, -0.15) is 0 Å². The van der Waals surface area contributed by atoms with Gasteiger partial charge in [-0.25, -0.2) is 0 Å². The van der Waals surface area contributed by atoms with Crippen molar-refractivity contribution in [3.05, 3.63) is 52.9 Å². The van der Waals surface area contributed by atoms with Gasteiger partial charge in [0.05, 0.1) is 5.69 Å². The maximum atomic E-state index is 6.04. The van der Waals surface area contributed by atoms with E-state index in [2.05, 4.69) is 37.4 Å². The molecular formula is C20H27ClIN5O. The molecule has 0 bridgehead atoms. The number of guanidine groups is 1. The van der Waals surface area contributed by atoms with E-state index in [0.29, 0.717) is 0 Å². The largest absolute Gasteiger partial charge is 0.364 e. The summed E-state index contributed by atoms with van der Waals surface area (Å²) >= 11 is 6.04. The molecule has 4 rings (SSSR count). The Kier molecular flexibility index (Phi) is 7.22. The summed E-state index contributed by atoms with van der Waals surface area (Å²) in [7, 11) is 1.87. The fourth-order valence-electron chi connectivity index (χ4n) is 3.77. The van der Waals surface area contributed by atoms with Gasteiger partial charge in [-0.15, -0.1) is 24.0 Å². The lowest BCUT2D eigenvalue weighted by Crippen LogP contribution is -2.53. The molecule has 2 aliphatic rings. The smallest absolute Gasteiger partial charge is 0.193 e. The molecule has 1 saturated heterocycles. The molecule has 1 aromatic heterocycles. The third-order valence-electron chi connectivity index (χ3n) is 5.66. The second-order valence-corrected chi connectivity index (χ2v) is 7.88. The van der Waals surface area contributed by atoms with Crippen LogP contribution < -0.4 is 5.32 Å². The van der Waals surface area contributed by atoms with Gasteiger partial charge in [0, 0.05) is 62.8 Å². The summed E-state index contributed by atoms with van der Waals surface area (Å²) in [5.41, 5.74) is 2.59. The zero-order chi connectivity index (χ0) is 18.7. The van der Waals surface area contributed by atoms with Crippen LogP contribution in [0.1, 0.15) is 24.1 Å². The molecule has 0 amide bonds. The second-order valence-electron chi connectivity index (χ2n) is 7.44. The molecule has 0 spiro atoms. The summed E-state index contributed by atoms with van der Waals surface area (Å²) in [5, 5.41) is 8.41. The molecule has 0 atom stereocenters. The minimum atomic E-state index is 0. The summed E-state index contributed by atoms with van der Waals surface area (Å²) in [6.07, 6.45) is 4.06. The molecule has 28 heavy (non-hydrogen) atoms. The molecule has 8 heteroatoms. The molecule has 6 nitrogen and oxygen atoms in total. The van der Waals surface area contributed by atoms with Crippen LogP contribution in [0, 0.1) is 0 Å². The molecule has 1 aliphatic carbocycles. The molecule has 0 unspecified atom stereocenters. The Labute approximate surface area is 188 Å². The number of nitrogens with one attached hydrogen (secondary N) is 1. The third kappa shape index (κ3) is 4.99. The second kappa shape index (κ2) is 9.45. The SMILES string of the molecule is CN=C(NCC1(c2ccc(Cl)cc2)CC1)N1CCN(Cc2ccon2)CC1.I. The number of hydrogen-bond donors (Lipinski definition) is 1. The van der Waals surface area contributed by atoms with Crippen LogP contribution in [0.2, 0.25) is 5.02 Å². The van der Waals surface area contributed by atoms with Gasteiger partial charge in [-0.3, -0.25) is 9.89 Å². The van der Waals surface area contributed by atoms with E-state index in [1.807, 2.05) is 25.2 Å². The number of rotatable bonds is 5. The molecule has 2 aromatic rings. The van der Waals surface area contributed by atoms with Crippen LogP contribution in [0.5, 0.6) is 0 Å². The van der Waals surface area contributed by atoms with E-state index in [-0.39, 0.29) is 29.4 Å². The lowest BCUT2D eigenvalue weighted by atomic mass is 9.96. The van der Waals surface area contributed by atoms with Gasteiger partial charge >= 0.3 is 0 Å². The number of hydrogen-bond acceptors (Lipinski definition) is 4. The highest BCUT2D eigenvalue weighted by molar-refractivity contribution is 14.0. The van der Waals surface area contributed by atoms with Crippen molar-refractivity contribution in [1.82, 2.24) is 20.3 Å². The topological polar surface area (TPSA) is 56.9 Å². The summed E-state index contributed by atoms with van der Waals surface area (Å²) in [6, 6.07) is 10.2. The number of benzene rings is 1. The Morgan fingerprint density at radius 1 is 1.18 bits per heavy atom. The van der Waals surface area contributed by atoms with Crippen LogP contribution in [0.25, 0.3) is 0 Å². The quantitative estimate of drug-likeness (QED) is 0.376. The average Bonchev–Trinajstić information content (AvgIpc) is 3.31. The Balaban J connectivity index is 0.00000225. The highest BCUT2D eigenvalue weighted by Gasteiger charge is 2.44. The molecule has 152 valence electrons. The minimum Gasteiger partial charge on any atom is -0.364 e. The van der Waals surface area contributed by atoms with Crippen molar-refractivity contribution in [2.24, 2.45) is 4.99 Å². The Morgan fingerprint density at radius 3 is 2.46 bits per heavy atom. The highest BCUT2D eigenvalue weighted by atomic mass is 127. The zero-order valence-corrected chi connectivity index (χ0v) is 19.2. The summed E-state index contributed by atoms with van der Waals surface area (Å²) in [5.74, 6) is 0.997. The summed E-state index contributed by atoms with van der Waals surface area (Å²) in [4.78, 5) is 9.26. The summed E-state index contributed by atoms with van der Waals surface area (Å²) in [6.45, 7) is 5.68. The van der Waals surface area contributed by atoms with E-state index in [9.17, 15) is 0 Å². The predicted octanol–water partition coefficient (Wildman–Crippen LogP) is 3.37. The van der Waals surface area contributed by atoms with Crippen LogP contribution >= 0.6 is 35.6 Å². The maximum absolute atomic E-state index is 6.04. The molecule has 1 aromatic carbocycles. The normalized spacial score (nSPS) is 19.2. The van der Waals surface area contributed by atoms with Gasteiger partial charge in [0.25, 0.3) is 0 Å². The van der Waals surface area contributed by atoms with Gasteiger partial charge in [0.2, 0.25) is 0 Å². The standard InChI is InChI=1S/C20H26ClN5O.HI/c1-22-19(23-15-20(7-8-20)16-2-4-17(21)5-3-16)26-11-9-25(10-12-26)14-18-6-13-27-24-18;/h2-6,13H,7-12,14-15H2,1H3,(H,22,23);1H. The first-order chi connectivity index (χ1) is 13.2. The molecular weight excluding hydrogens is 489 g/mol. The molecule has 1 N–H and O–H groups in total. The number of piperazine rings is 1. The maximum Gasteiger partial charge on any atom is 0.193 e. The van der Waals surface area contributed by atoms with Crippen molar-refractivity contribution in [3.8, 4) is 0 Å². The van der Waals surface area contributed by atoms with Gasteiger partial charge < -0.3 is 14.7 Å². The van der Waals surface area contributed by atoms with Crippen LogP contribution in [-0.4, -0.2) is 60.7 Å². The fraction of sp³-hybridized carbons (Fsp3) is 0.500. The van der Waals surface area contributed by atoms with Crippen molar-refractivity contribution in [2.45, 2.75) is 24.8 Å². The first-order valence-electron chi connectivity index (χ1n) is 9.52. The van der Waals surface area contributed by atoms with Crippen LogP contribution in [0.3, 0.4) is 0 Å². The van der Waals surface area contributed by atoms with Gasteiger partial charge in [0.1, 0.15) is 6.26 Å². The summed E-state index contributed by atoms with van der Waals surface area (Å²) < 4.78 is 4.92. The van der Waals surface area contributed by atoms with E-state index < -0.39 is 0 Å². The Bertz CT molecular complexity index is 768. The Morgan fingerprint density at radius 2 is 1.89 bits per heavy atom. The minimum absolute atomic E-state index is 0. The molecule has 2 fully saturated rings. The predicted molar refractivity (Wildman–Crippen MR) is 122 cm³/mol. The molecule has 0 radical (unpaired) electrons. The van der Waals surface area contributed by atoms with Crippen LogP contribution in [-0.2, 0) is 12.0 Å². The lowest BCUT2D eigenvalue weighted by molar-refractivity contribution is 0.169. The zero-order valence-electron chi connectivity index (χ0n) is 16.1. The average molecular weight is 516 g/mol.